The number of piperazine rings is 1. The van der Waals surface area contributed by atoms with Crippen LogP contribution in [0, 0.1) is 0 Å². The lowest BCUT2D eigenvalue weighted by molar-refractivity contribution is 0.149. The topological polar surface area (TPSA) is 19.4 Å². The molecule has 1 aliphatic rings. The molecule has 2 heterocycles. The first kappa shape index (κ1) is 10.5. The molecule has 0 bridgehead atoms. The molecule has 0 saturated carbocycles. The van der Waals surface area contributed by atoms with Gasteiger partial charge in [0.25, 0.3) is 0 Å². The van der Waals surface area contributed by atoms with Crippen LogP contribution in [0.3, 0.4) is 0 Å². The summed E-state index contributed by atoms with van der Waals surface area (Å²) in [5.41, 5.74) is 0. The minimum Gasteiger partial charge on any atom is -0.304 e. The molecule has 1 aromatic heterocycles. The second-order valence-corrected chi connectivity index (χ2v) is 6.05. The van der Waals surface area contributed by atoms with Crippen LogP contribution in [0.2, 0.25) is 0 Å². The third-order valence-corrected chi connectivity index (χ3v) is 3.96. The third kappa shape index (κ3) is 2.76. The summed E-state index contributed by atoms with van der Waals surface area (Å²) < 4.78 is 0.988. The van der Waals surface area contributed by atoms with E-state index in [1.54, 1.807) is 11.3 Å². The van der Waals surface area contributed by atoms with Gasteiger partial charge in [-0.25, -0.2) is 4.98 Å². The number of thiazole rings is 1. The smallest absolute Gasteiger partial charge is 0.159 e. The first-order chi connectivity index (χ1) is 6.74. The fourth-order valence-corrected chi connectivity index (χ4v) is 2.98. The van der Waals surface area contributed by atoms with Gasteiger partial charge in [0, 0.05) is 43.8 Å². The minimum atomic E-state index is 0.988. The third-order valence-electron chi connectivity index (χ3n) is 2.50. The molecule has 1 aliphatic heterocycles. The molecule has 78 valence electrons. The summed E-state index contributed by atoms with van der Waals surface area (Å²) in [6, 6.07) is 0. The normalized spacial score (nSPS) is 20.1. The van der Waals surface area contributed by atoms with Crippen LogP contribution >= 0.6 is 27.3 Å². The highest BCUT2D eigenvalue weighted by atomic mass is 79.9. The SMILES string of the molecule is CN1CCN(Cc2cnc(Br)s2)CC1. The van der Waals surface area contributed by atoms with E-state index in [9.17, 15) is 0 Å². The predicted molar refractivity (Wildman–Crippen MR) is 62.6 cm³/mol. The maximum absolute atomic E-state index is 4.20. The summed E-state index contributed by atoms with van der Waals surface area (Å²) >= 11 is 5.12. The Hall–Kier alpha value is 0.0300. The number of nitrogens with zero attached hydrogens (tertiary/aromatic N) is 3. The monoisotopic (exact) mass is 275 g/mol. The lowest BCUT2D eigenvalue weighted by Crippen LogP contribution is -2.43. The van der Waals surface area contributed by atoms with Crippen molar-refractivity contribution in [1.29, 1.82) is 0 Å². The largest absolute Gasteiger partial charge is 0.304 e. The minimum absolute atomic E-state index is 0.988. The molecule has 5 heteroatoms. The maximum Gasteiger partial charge on any atom is 0.159 e. The van der Waals surface area contributed by atoms with E-state index in [0.717, 1.165) is 10.5 Å². The summed E-state index contributed by atoms with van der Waals surface area (Å²) in [6.07, 6.45) is 1.97. The molecule has 0 amide bonds. The van der Waals surface area contributed by atoms with Gasteiger partial charge in [-0.15, -0.1) is 11.3 Å². The zero-order valence-electron chi connectivity index (χ0n) is 8.24. The van der Waals surface area contributed by atoms with Gasteiger partial charge in [-0.1, -0.05) is 0 Å². The van der Waals surface area contributed by atoms with Crippen molar-refractivity contribution in [3.63, 3.8) is 0 Å². The summed E-state index contributed by atoms with van der Waals surface area (Å²) in [5.74, 6) is 0. The van der Waals surface area contributed by atoms with Gasteiger partial charge < -0.3 is 4.90 Å². The molecule has 1 aromatic rings. The Morgan fingerprint density at radius 3 is 2.71 bits per heavy atom. The number of hydrogen-bond donors (Lipinski definition) is 0. The van der Waals surface area contributed by atoms with E-state index in [1.807, 2.05) is 6.20 Å². The van der Waals surface area contributed by atoms with E-state index in [0.29, 0.717) is 0 Å². The van der Waals surface area contributed by atoms with Crippen molar-refractivity contribution < 1.29 is 0 Å². The molecule has 0 aromatic carbocycles. The molecular formula is C9H14BrN3S. The molecule has 14 heavy (non-hydrogen) atoms. The Morgan fingerprint density at radius 1 is 1.43 bits per heavy atom. The summed E-state index contributed by atoms with van der Waals surface area (Å²) in [4.78, 5) is 10.4. The van der Waals surface area contributed by atoms with Crippen LogP contribution in [0.15, 0.2) is 10.1 Å². The quantitative estimate of drug-likeness (QED) is 0.819. The number of aromatic nitrogens is 1. The molecule has 2 rings (SSSR count). The van der Waals surface area contributed by atoms with Gasteiger partial charge in [-0.3, -0.25) is 4.90 Å². The molecule has 0 radical (unpaired) electrons. The molecule has 0 unspecified atom stereocenters. The predicted octanol–water partition coefficient (Wildman–Crippen LogP) is 1.65. The van der Waals surface area contributed by atoms with Crippen molar-refractivity contribution in [2.24, 2.45) is 0 Å². The standard InChI is InChI=1S/C9H14BrN3S/c1-12-2-4-13(5-3-12)7-8-6-11-9(10)14-8/h6H,2-5,7H2,1H3. The van der Waals surface area contributed by atoms with Crippen LogP contribution in [-0.4, -0.2) is 48.0 Å². The number of hydrogen-bond acceptors (Lipinski definition) is 4. The highest BCUT2D eigenvalue weighted by Gasteiger charge is 2.14. The van der Waals surface area contributed by atoms with E-state index in [4.69, 9.17) is 0 Å². The molecule has 1 saturated heterocycles. The fraction of sp³-hybridized carbons (Fsp3) is 0.667. The van der Waals surface area contributed by atoms with Gasteiger partial charge in [0.1, 0.15) is 0 Å². The lowest BCUT2D eigenvalue weighted by Gasteiger charge is -2.31. The van der Waals surface area contributed by atoms with Crippen LogP contribution in [0.5, 0.6) is 0 Å². The number of rotatable bonds is 2. The maximum atomic E-state index is 4.20. The lowest BCUT2D eigenvalue weighted by atomic mass is 10.3. The Kier molecular flexibility index (Phi) is 3.54. The van der Waals surface area contributed by atoms with Gasteiger partial charge in [0.2, 0.25) is 0 Å². The summed E-state index contributed by atoms with van der Waals surface area (Å²) in [5, 5.41) is 0. The fourth-order valence-electron chi connectivity index (χ4n) is 1.58. The van der Waals surface area contributed by atoms with Crippen molar-refractivity contribution >= 4 is 27.3 Å². The number of likely N-dealkylation sites (N-methyl/N-ethyl adjacent to an activating group) is 1. The molecule has 1 fully saturated rings. The van der Waals surface area contributed by atoms with Gasteiger partial charge in [0.05, 0.1) is 0 Å². The molecule has 3 nitrogen and oxygen atoms in total. The zero-order chi connectivity index (χ0) is 9.97. The van der Waals surface area contributed by atoms with Crippen molar-refractivity contribution in [1.82, 2.24) is 14.8 Å². The highest BCUT2D eigenvalue weighted by molar-refractivity contribution is 9.11. The van der Waals surface area contributed by atoms with Crippen LogP contribution < -0.4 is 0 Å². The van der Waals surface area contributed by atoms with Crippen molar-refractivity contribution in [2.75, 3.05) is 33.2 Å². The van der Waals surface area contributed by atoms with Gasteiger partial charge in [0.15, 0.2) is 3.92 Å². The van der Waals surface area contributed by atoms with E-state index in [2.05, 4.69) is 37.8 Å². The Labute approximate surface area is 96.9 Å². The van der Waals surface area contributed by atoms with E-state index in [1.165, 1.54) is 31.1 Å². The van der Waals surface area contributed by atoms with Crippen molar-refractivity contribution in [2.45, 2.75) is 6.54 Å². The zero-order valence-corrected chi connectivity index (χ0v) is 10.6. The van der Waals surface area contributed by atoms with Crippen molar-refractivity contribution in [3.05, 3.63) is 15.0 Å². The second kappa shape index (κ2) is 4.70. The van der Waals surface area contributed by atoms with E-state index >= 15 is 0 Å². The summed E-state index contributed by atoms with van der Waals surface area (Å²) in [7, 11) is 2.18. The average Bonchev–Trinajstić information content (AvgIpc) is 2.56. The average molecular weight is 276 g/mol. The first-order valence-electron chi connectivity index (χ1n) is 4.75. The molecule has 0 aliphatic carbocycles. The Morgan fingerprint density at radius 2 is 2.14 bits per heavy atom. The Balaban J connectivity index is 1.86. The van der Waals surface area contributed by atoms with E-state index in [-0.39, 0.29) is 0 Å². The molecular weight excluding hydrogens is 262 g/mol. The van der Waals surface area contributed by atoms with Gasteiger partial charge in [-0.2, -0.15) is 0 Å². The van der Waals surface area contributed by atoms with Crippen LogP contribution in [-0.2, 0) is 6.54 Å². The van der Waals surface area contributed by atoms with E-state index < -0.39 is 0 Å². The van der Waals surface area contributed by atoms with Gasteiger partial charge >= 0.3 is 0 Å². The van der Waals surface area contributed by atoms with Gasteiger partial charge in [-0.05, 0) is 23.0 Å². The van der Waals surface area contributed by atoms with Crippen LogP contribution in [0.25, 0.3) is 0 Å². The molecule has 0 spiro atoms. The van der Waals surface area contributed by atoms with Crippen molar-refractivity contribution in [3.8, 4) is 0 Å². The van der Waals surface area contributed by atoms with Crippen LogP contribution in [0.1, 0.15) is 4.88 Å². The first-order valence-corrected chi connectivity index (χ1v) is 6.36. The second-order valence-electron chi connectivity index (χ2n) is 3.66. The summed E-state index contributed by atoms with van der Waals surface area (Å²) in [6.45, 7) is 5.76. The molecule has 0 N–H and O–H groups in total. The highest BCUT2D eigenvalue weighted by Crippen LogP contribution is 2.20. The molecule has 0 atom stereocenters. The van der Waals surface area contributed by atoms with Crippen LogP contribution in [0.4, 0.5) is 0 Å². The Bertz CT molecular complexity index is 294. The number of halogens is 1.